The molecule has 1 atom stereocenters. The van der Waals surface area contributed by atoms with Gasteiger partial charge >= 0.3 is 0 Å². The third kappa shape index (κ3) is 4.28. The summed E-state index contributed by atoms with van der Waals surface area (Å²) >= 11 is 1.32. The largest absolute Gasteiger partial charge is 0.337 e. The quantitative estimate of drug-likeness (QED) is 0.735. The molecule has 2 aromatic rings. The van der Waals surface area contributed by atoms with E-state index < -0.39 is 15.9 Å². The summed E-state index contributed by atoms with van der Waals surface area (Å²) in [4.78, 5) is 27.6. The van der Waals surface area contributed by atoms with E-state index in [2.05, 4.69) is 11.4 Å². The maximum absolute atomic E-state index is 13.0. The van der Waals surface area contributed by atoms with Crippen molar-refractivity contribution in [1.29, 1.82) is 5.26 Å². The monoisotopic (exact) mass is 472 g/mol. The van der Waals surface area contributed by atoms with Crippen molar-refractivity contribution >= 4 is 38.2 Å². The van der Waals surface area contributed by atoms with Gasteiger partial charge in [-0.05, 0) is 37.0 Å². The van der Waals surface area contributed by atoms with Crippen LogP contribution in [0.4, 0.5) is 5.00 Å². The smallest absolute Gasteiger partial charge is 0.243 e. The third-order valence-corrected chi connectivity index (χ3v) is 9.00. The van der Waals surface area contributed by atoms with E-state index in [9.17, 15) is 23.3 Å². The Morgan fingerprint density at radius 1 is 1.22 bits per heavy atom. The topological polar surface area (TPSA) is 111 Å². The fraction of sp³-hybridized carbons (Fsp3) is 0.409. The molecule has 2 aliphatic heterocycles. The molecule has 1 saturated heterocycles. The summed E-state index contributed by atoms with van der Waals surface area (Å²) in [5.41, 5.74) is 1.34. The van der Waals surface area contributed by atoms with Crippen LogP contribution in [0.1, 0.15) is 35.8 Å². The molecule has 2 amide bonds. The molecule has 0 radical (unpaired) electrons. The number of hydrogen-bond acceptors (Lipinski definition) is 6. The van der Waals surface area contributed by atoms with Crippen molar-refractivity contribution in [1.82, 2.24) is 9.21 Å². The fourth-order valence-electron chi connectivity index (χ4n) is 4.21. The second-order valence-corrected chi connectivity index (χ2v) is 11.1. The van der Waals surface area contributed by atoms with Gasteiger partial charge in [0.05, 0.1) is 22.9 Å². The number of benzene rings is 1. The summed E-state index contributed by atoms with van der Waals surface area (Å²) in [7, 11) is -3.66. The van der Waals surface area contributed by atoms with Gasteiger partial charge in [0.25, 0.3) is 0 Å². The van der Waals surface area contributed by atoms with Crippen molar-refractivity contribution in [2.75, 3.05) is 25.0 Å². The highest BCUT2D eigenvalue weighted by atomic mass is 32.2. The van der Waals surface area contributed by atoms with Gasteiger partial charge in [0.1, 0.15) is 11.1 Å². The molecule has 1 N–H and O–H groups in total. The third-order valence-electron chi connectivity index (χ3n) is 5.99. The van der Waals surface area contributed by atoms with Crippen LogP contribution in [0.3, 0.4) is 0 Å². The predicted octanol–water partition coefficient (Wildman–Crippen LogP) is 2.56. The van der Waals surface area contributed by atoms with E-state index in [1.54, 1.807) is 35.2 Å². The first kappa shape index (κ1) is 22.5. The average molecular weight is 473 g/mol. The van der Waals surface area contributed by atoms with E-state index in [1.807, 2.05) is 0 Å². The number of nitrogens with one attached hydrogen (secondary N) is 1. The van der Waals surface area contributed by atoms with Crippen LogP contribution in [0, 0.1) is 17.2 Å². The van der Waals surface area contributed by atoms with Gasteiger partial charge in [-0.2, -0.15) is 9.57 Å². The highest BCUT2D eigenvalue weighted by Gasteiger charge is 2.34. The number of nitrogens with zero attached hydrogens (tertiary/aromatic N) is 3. The van der Waals surface area contributed by atoms with Crippen molar-refractivity contribution < 1.29 is 18.0 Å². The summed E-state index contributed by atoms with van der Waals surface area (Å²) in [5.74, 6) is -0.798. The molecule has 1 aromatic carbocycles. The number of nitriles is 1. The fourth-order valence-corrected chi connectivity index (χ4v) is 6.97. The molecule has 1 unspecified atom stereocenters. The highest BCUT2D eigenvalue weighted by Crippen LogP contribution is 2.37. The Bertz CT molecular complexity index is 1180. The molecule has 10 heteroatoms. The zero-order valence-corrected chi connectivity index (χ0v) is 19.3. The van der Waals surface area contributed by atoms with Crippen LogP contribution >= 0.6 is 11.3 Å². The standard InChI is InChI=1S/C22H24N4O4S2/c1-15(27)25-11-9-18-19(12-23)22(31-20(18)14-25)24-21(28)16-6-5-10-26(13-16)32(29,30)17-7-3-2-4-8-17/h2-4,7-8,16H,5-6,9-11,13-14H2,1H3,(H,24,28). The number of anilines is 1. The molecule has 4 rings (SSSR count). The van der Waals surface area contributed by atoms with Gasteiger partial charge in [0, 0.05) is 31.4 Å². The Balaban J connectivity index is 1.50. The van der Waals surface area contributed by atoms with E-state index in [1.165, 1.54) is 22.6 Å². The lowest BCUT2D eigenvalue weighted by atomic mass is 9.98. The molecule has 32 heavy (non-hydrogen) atoms. The van der Waals surface area contributed by atoms with Crippen LogP contribution in [-0.4, -0.2) is 49.1 Å². The van der Waals surface area contributed by atoms with E-state index in [-0.39, 0.29) is 23.3 Å². The maximum Gasteiger partial charge on any atom is 0.243 e. The number of carbonyl (C=O) groups excluding carboxylic acids is 2. The summed E-state index contributed by atoms with van der Waals surface area (Å²) in [6.07, 6.45) is 1.75. The number of carbonyl (C=O) groups is 2. The Labute approximate surface area is 191 Å². The molecule has 0 spiro atoms. The molecular formula is C22H24N4O4S2. The van der Waals surface area contributed by atoms with Crippen molar-refractivity contribution in [2.24, 2.45) is 5.92 Å². The Morgan fingerprint density at radius 3 is 2.66 bits per heavy atom. The maximum atomic E-state index is 13.0. The summed E-state index contributed by atoms with van der Waals surface area (Å²) in [5, 5.41) is 13.0. The molecule has 3 heterocycles. The molecule has 168 valence electrons. The van der Waals surface area contributed by atoms with Gasteiger partial charge in [0.2, 0.25) is 21.8 Å². The molecule has 0 aliphatic carbocycles. The zero-order chi connectivity index (χ0) is 22.9. The molecule has 0 saturated carbocycles. The van der Waals surface area contributed by atoms with E-state index in [0.29, 0.717) is 49.5 Å². The van der Waals surface area contributed by atoms with Crippen LogP contribution in [0.5, 0.6) is 0 Å². The zero-order valence-electron chi connectivity index (χ0n) is 17.7. The number of thiophene rings is 1. The number of sulfonamides is 1. The predicted molar refractivity (Wildman–Crippen MR) is 120 cm³/mol. The molecule has 8 nitrogen and oxygen atoms in total. The van der Waals surface area contributed by atoms with Crippen molar-refractivity contribution in [3.05, 3.63) is 46.3 Å². The van der Waals surface area contributed by atoms with E-state index in [4.69, 9.17) is 0 Å². The normalized spacial score (nSPS) is 19.1. The van der Waals surface area contributed by atoms with Crippen LogP contribution in [0.25, 0.3) is 0 Å². The first-order valence-corrected chi connectivity index (χ1v) is 12.7. The van der Waals surface area contributed by atoms with Gasteiger partial charge in [-0.3, -0.25) is 9.59 Å². The lowest BCUT2D eigenvalue weighted by Gasteiger charge is -2.31. The van der Waals surface area contributed by atoms with Gasteiger partial charge in [0.15, 0.2) is 0 Å². The first-order chi connectivity index (χ1) is 15.3. The summed E-state index contributed by atoms with van der Waals surface area (Å²) in [6.45, 7) is 2.99. The minimum absolute atomic E-state index is 0.0185. The van der Waals surface area contributed by atoms with Gasteiger partial charge < -0.3 is 10.2 Å². The van der Waals surface area contributed by atoms with Gasteiger partial charge in [-0.15, -0.1) is 11.3 Å². The van der Waals surface area contributed by atoms with Crippen LogP contribution in [0.2, 0.25) is 0 Å². The molecule has 1 fully saturated rings. The highest BCUT2D eigenvalue weighted by molar-refractivity contribution is 7.89. The van der Waals surface area contributed by atoms with Gasteiger partial charge in [-0.1, -0.05) is 18.2 Å². The van der Waals surface area contributed by atoms with Crippen molar-refractivity contribution in [3.63, 3.8) is 0 Å². The summed E-state index contributed by atoms with van der Waals surface area (Å²) in [6, 6.07) is 10.4. The number of rotatable bonds is 4. The number of piperidine rings is 1. The number of fused-ring (bicyclic) bond motifs is 1. The first-order valence-electron chi connectivity index (χ1n) is 10.5. The molecule has 2 aliphatic rings. The molecular weight excluding hydrogens is 448 g/mol. The van der Waals surface area contributed by atoms with E-state index in [0.717, 1.165) is 10.4 Å². The Hall–Kier alpha value is -2.74. The van der Waals surface area contributed by atoms with Crippen LogP contribution in [-0.2, 0) is 32.6 Å². The Kier molecular flexibility index (Phi) is 6.33. The van der Waals surface area contributed by atoms with Crippen LogP contribution in [0.15, 0.2) is 35.2 Å². The molecule has 1 aromatic heterocycles. The average Bonchev–Trinajstić information content (AvgIpc) is 3.15. The van der Waals surface area contributed by atoms with E-state index >= 15 is 0 Å². The molecule has 0 bridgehead atoms. The SMILES string of the molecule is CC(=O)N1CCc2c(sc(NC(=O)C3CCCN(S(=O)(=O)c4ccccc4)C3)c2C#N)C1. The summed E-state index contributed by atoms with van der Waals surface area (Å²) < 4.78 is 27.3. The lowest BCUT2D eigenvalue weighted by molar-refractivity contribution is -0.129. The second-order valence-electron chi connectivity index (χ2n) is 8.01. The minimum atomic E-state index is -3.66. The van der Waals surface area contributed by atoms with Gasteiger partial charge in [-0.25, -0.2) is 8.42 Å². The van der Waals surface area contributed by atoms with Crippen molar-refractivity contribution in [2.45, 2.75) is 37.6 Å². The second kappa shape index (κ2) is 9.02. The minimum Gasteiger partial charge on any atom is -0.337 e. The number of hydrogen-bond donors (Lipinski definition) is 1. The number of amides is 2. The van der Waals surface area contributed by atoms with Crippen LogP contribution < -0.4 is 5.32 Å². The Morgan fingerprint density at radius 2 is 1.97 bits per heavy atom. The lowest BCUT2D eigenvalue weighted by Crippen LogP contribution is -2.43. The van der Waals surface area contributed by atoms with Crippen molar-refractivity contribution in [3.8, 4) is 6.07 Å².